The molecule has 1 fully saturated rings. The molecule has 1 N–H and O–H groups in total. The molecular formula is C14H21BrN4O. The molecular weight excluding hydrogens is 320 g/mol. The van der Waals surface area contributed by atoms with Crippen molar-refractivity contribution >= 4 is 27.7 Å². The van der Waals surface area contributed by atoms with Crippen LogP contribution in [0.5, 0.6) is 0 Å². The van der Waals surface area contributed by atoms with E-state index in [-0.39, 0.29) is 5.91 Å². The fraction of sp³-hybridized carbons (Fsp3) is 0.643. The lowest BCUT2D eigenvalue weighted by atomic mass is 10.1. The summed E-state index contributed by atoms with van der Waals surface area (Å²) in [5.41, 5.74) is 0. The second-order valence-corrected chi connectivity index (χ2v) is 6.34. The first-order chi connectivity index (χ1) is 9.45. The minimum Gasteiger partial charge on any atom is -0.356 e. The van der Waals surface area contributed by atoms with Gasteiger partial charge in [-0.15, -0.1) is 0 Å². The highest BCUT2D eigenvalue weighted by molar-refractivity contribution is 9.10. The van der Waals surface area contributed by atoms with Gasteiger partial charge >= 0.3 is 0 Å². The average molecular weight is 341 g/mol. The average Bonchev–Trinajstić information content (AvgIpc) is 2.38. The van der Waals surface area contributed by atoms with Crippen molar-refractivity contribution in [1.82, 2.24) is 15.3 Å². The number of anilines is 1. The zero-order chi connectivity index (χ0) is 14.7. The standard InChI is InChI=1S/C14H21BrN4O/c1-9(2)14-17-12(15)8-13(18-14)19-6-4-11(5-7-19)16-10(3)20/h8-9,11H,4-7H2,1-3H3,(H,16,20). The molecule has 0 aliphatic carbocycles. The van der Waals surface area contributed by atoms with Crippen molar-refractivity contribution in [2.24, 2.45) is 0 Å². The van der Waals surface area contributed by atoms with Gasteiger partial charge in [-0.05, 0) is 28.8 Å². The Kier molecular flexibility index (Phi) is 4.96. The fourth-order valence-electron chi connectivity index (χ4n) is 2.38. The number of aromatic nitrogens is 2. The lowest BCUT2D eigenvalue weighted by Gasteiger charge is -2.33. The second kappa shape index (κ2) is 6.52. The third-order valence-corrected chi connectivity index (χ3v) is 3.85. The van der Waals surface area contributed by atoms with Gasteiger partial charge in [-0.1, -0.05) is 13.8 Å². The molecule has 110 valence electrons. The van der Waals surface area contributed by atoms with Crippen molar-refractivity contribution in [3.8, 4) is 0 Å². The molecule has 0 saturated carbocycles. The van der Waals surface area contributed by atoms with E-state index in [2.05, 4.69) is 50.0 Å². The van der Waals surface area contributed by atoms with Crippen LogP contribution in [0.1, 0.15) is 45.4 Å². The van der Waals surface area contributed by atoms with E-state index in [1.165, 1.54) is 0 Å². The van der Waals surface area contributed by atoms with Gasteiger partial charge in [0.25, 0.3) is 0 Å². The molecule has 2 heterocycles. The molecule has 1 aromatic rings. The number of carbonyl (C=O) groups excluding carboxylic acids is 1. The SMILES string of the molecule is CC(=O)NC1CCN(c2cc(Br)nc(C(C)C)n2)CC1. The van der Waals surface area contributed by atoms with Gasteiger partial charge in [-0.3, -0.25) is 4.79 Å². The number of piperidine rings is 1. The van der Waals surface area contributed by atoms with Gasteiger partial charge in [0, 0.05) is 38.0 Å². The van der Waals surface area contributed by atoms with E-state index in [9.17, 15) is 4.79 Å². The number of hydrogen-bond donors (Lipinski definition) is 1. The molecule has 5 nitrogen and oxygen atoms in total. The number of nitrogens with one attached hydrogen (secondary N) is 1. The summed E-state index contributed by atoms with van der Waals surface area (Å²) in [5, 5.41) is 2.99. The van der Waals surface area contributed by atoms with E-state index in [4.69, 9.17) is 0 Å². The summed E-state index contributed by atoms with van der Waals surface area (Å²) >= 11 is 3.46. The lowest BCUT2D eigenvalue weighted by Crippen LogP contribution is -2.44. The van der Waals surface area contributed by atoms with Crippen LogP contribution in [0.3, 0.4) is 0 Å². The molecule has 1 saturated heterocycles. The van der Waals surface area contributed by atoms with E-state index in [1.54, 1.807) is 6.92 Å². The number of rotatable bonds is 3. The van der Waals surface area contributed by atoms with Gasteiger partial charge in [-0.2, -0.15) is 0 Å². The first-order valence-electron chi connectivity index (χ1n) is 7.02. The summed E-state index contributed by atoms with van der Waals surface area (Å²) in [4.78, 5) is 22.4. The van der Waals surface area contributed by atoms with E-state index in [0.29, 0.717) is 12.0 Å². The third kappa shape index (κ3) is 3.91. The molecule has 0 aromatic carbocycles. The Balaban J connectivity index is 2.05. The van der Waals surface area contributed by atoms with Gasteiger partial charge < -0.3 is 10.2 Å². The maximum Gasteiger partial charge on any atom is 0.217 e. The molecule has 1 aliphatic heterocycles. The third-order valence-electron chi connectivity index (χ3n) is 3.44. The number of halogens is 1. The highest BCUT2D eigenvalue weighted by Crippen LogP contribution is 2.23. The molecule has 0 radical (unpaired) electrons. The summed E-state index contributed by atoms with van der Waals surface area (Å²) in [6.45, 7) is 7.57. The number of amides is 1. The maximum atomic E-state index is 11.1. The van der Waals surface area contributed by atoms with E-state index in [0.717, 1.165) is 42.2 Å². The quantitative estimate of drug-likeness (QED) is 0.858. The van der Waals surface area contributed by atoms with Crippen LogP contribution in [0, 0.1) is 0 Å². The Morgan fingerprint density at radius 1 is 1.40 bits per heavy atom. The maximum absolute atomic E-state index is 11.1. The topological polar surface area (TPSA) is 58.1 Å². The van der Waals surface area contributed by atoms with Crippen LogP contribution < -0.4 is 10.2 Å². The Labute approximate surface area is 128 Å². The molecule has 0 unspecified atom stereocenters. The van der Waals surface area contributed by atoms with Crippen LogP contribution >= 0.6 is 15.9 Å². The minimum absolute atomic E-state index is 0.0512. The van der Waals surface area contributed by atoms with E-state index < -0.39 is 0 Å². The Hall–Kier alpha value is -1.17. The zero-order valence-electron chi connectivity index (χ0n) is 12.2. The summed E-state index contributed by atoms with van der Waals surface area (Å²) in [6.07, 6.45) is 1.91. The highest BCUT2D eigenvalue weighted by Gasteiger charge is 2.21. The van der Waals surface area contributed by atoms with Gasteiger partial charge in [0.2, 0.25) is 5.91 Å². The van der Waals surface area contributed by atoms with Crippen molar-refractivity contribution in [2.75, 3.05) is 18.0 Å². The molecule has 1 amide bonds. The lowest BCUT2D eigenvalue weighted by molar-refractivity contribution is -0.119. The predicted molar refractivity (Wildman–Crippen MR) is 82.9 cm³/mol. The second-order valence-electron chi connectivity index (χ2n) is 5.52. The Morgan fingerprint density at radius 2 is 2.05 bits per heavy atom. The monoisotopic (exact) mass is 340 g/mol. The number of carbonyl (C=O) groups is 1. The summed E-state index contributed by atoms with van der Waals surface area (Å²) in [7, 11) is 0. The first-order valence-corrected chi connectivity index (χ1v) is 7.81. The van der Waals surface area contributed by atoms with Gasteiger partial charge in [-0.25, -0.2) is 9.97 Å². The Bertz CT molecular complexity index is 484. The normalized spacial score (nSPS) is 16.6. The summed E-state index contributed by atoms with van der Waals surface area (Å²) < 4.78 is 0.829. The molecule has 0 atom stereocenters. The molecule has 0 bridgehead atoms. The van der Waals surface area contributed by atoms with Crippen LogP contribution in [0.15, 0.2) is 10.7 Å². The molecule has 1 aliphatic rings. The van der Waals surface area contributed by atoms with Gasteiger partial charge in [0.05, 0.1) is 0 Å². The Morgan fingerprint density at radius 3 is 2.60 bits per heavy atom. The molecule has 1 aromatic heterocycles. The smallest absolute Gasteiger partial charge is 0.217 e. The van der Waals surface area contributed by atoms with Crippen molar-refractivity contribution in [2.45, 2.75) is 45.6 Å². The van der Waals surface area contributed by atoms with Crippen LogP contribution in [0.2, 0.25) is 0 Å². The van der Waals surface area contributed by atoms with Crippen molar-refractivity contribution < 1.29 is 4.79 Å². The van der Waals surface area contributed by atoms with Gasteiger partial charge in [0.15, 0.2) is 0 Å². The highest BCUT2D eigenvalue weighted by atomic mass is 79.9. The minimum atomic E-state index is 0.0512. The molecule has 2 rings (SSSR count). The fourth-order valence-corrected chi connectivity index (χ4v) is 2.77. The van der Waals surface area contributed by atoms with Crippen molar-refractivity contribution in [1.29, 1.82) is 0 Å². The van der Waals surface area contributed by atoms with E-state index in [1.807, 2.05) is 6.07 Å². The zero-order valence-corrected chi connectivity index (χ0v) is 13.8. The van der Waals surface area contributed by atoms with Crippen molar-refractivity contribution in [3.05, 3.63) is 16.5 Å². The molecule has 6 heteroatoms. The first kappa shape index (κ1) is 15.2. The number of nitrogens with zero attached hydrogens (tertiary/aromatic N) is 3. The molecule has 20 heavy (non-hydrogen) atoms. The van der Waals surface area contributed by atoms with E-state index >= 15 is 0 Å². The number of hydrogen-bond acceptors (Lipinski definition) is 4. The van der Waals surface area contributed by atoms with Crippen LogP contribution in [0.25, 0.3) is 0 Å². The van der Waals surface area contributed by atoms with Crippen LogP contribution in [-0.2, 0) is 4.79 Å². The summed E-state index contributed by atoms with van der Waals surface area (Å²) in [5.74, 6) is 2.19. The molecule has 0 spiro atoms. The summed E-state index contributed by atoms with van der Waals surface area (Å²) in [6, 6.07) is 2.25. The predicted octanol–water partition coefficient (Wildman–Crippen LogP) is 2.47. The van der Waals surface area contributed by atoms with Gasteiger partial charge in [0.1, 0.15) is 16.2 Å². The largest absolute Gasteiger partial charge is 0.356 e. The van der Waals surface area contributed by atoms with Crippen LogP contribution in [-0.4, -0.2) is 35.0 Å². The van der Waals surface area contributed by atoms with Crippen LogP contribution in [0.4, 0.5) is 5.82 Å². The van der Waals surface area contributed by atoms with Crippen molar-refractivity contribution in [3.63, 3.8) is 0 Å².